The van der Waals surface area contributed by atoms with Crippen molar-refractivity contribution in [2.24, 2.45) is 0 Å². The molecule has 152 valence electrons. The topological polar surface area (TPSA) is 80.1 Å². The van der Waals surface area contributed by atoms with Gasteiger partial charge in [-0.3, -0.25) is 4.72 Å². The minimum atomic E-state index is -3.96. The Hall–Kier alpha value is -3.01. The Balaban J connectivity index is 1.42. The molecule has 1 N–H and O–H groups in total. The number of hydrogen-bond acceptors (Lipinski definition) is 5. The van der Waals surface area contributed by atoms with Crippen molar-refractivity contribution in [2.75, 3.05) is 22.7 Å². The molecule has 0 saturated carbocycles. The van der Waals surface area contributed by atoms with Gasteiger partial charge in [-0.25, -0.2) is 27.2 Å². The molecule has 3 heterocycles. The van der Waals surface area contributed by atoms with Crippen LogP contribution >= 0.6 is 0 Å². The third-order valence-corrected chi connectivity index (χ3v) is 6.30. The number of pyridine rings is 1. The van der Waals surface area contributed by atoms with Crippen LogP contribution in [0.25, 0.3) is 0 Å². The monoisotopic (exact) mass is 419 g/mol. The molecule has 1 fully saturated rings. The number of benzene rings is 1. The van der Waals surface area contributed by atoms with E-state index >= 15 is 0 Å². The molecule has 0 bridgehead atoms. The molecule has 0 aliphatic carbocycles. The molecule has 4 rings (SSSR count). The number of anilines is 2. The SMILES string of the molecule is O=S(=O)(Nc1ccc(F)c(F)c1)c1ccc(N2CCC(n3ccnc3)CC2)nc1. The standard InChI is InChI=1S/C19H19F2N5O2S/c20-17-3-1-14(11-18(17)21)24-29(27,28)16-2-4-19(23-12-16)25-8-5-15(6-9-25)26-10-7-22-13-26/h1-4,7,10-13,15,24H,5-6,8-9H2. The van der Waals surface area contributed by atoms with Gasteiger partial charge in [0.05, 0.1) is 12.0 Å². The third-order valence-electron chi connectivity index (χ3n) is 4.94. The smallest absolute Gasteiger partial charge is 0.263 e. The molecule has 1 saturated heterocycles. The van der Waals surface area contributed by atoms with Crippen LogP contribution in [0.4, 0.5) is 20.3 Å². The maximum Gasteiger partial charge on any atom is 0.263 e. The van der Waals surface area contributed by atoms with E-state index < -0.39 is 21.7 Å². The molecule has 1 aliphatic rings. The highest BCUT2D eigenvalue weighted by Crippen LogP contribution is 2.26. The predicted octanol–water partition coefficient (Wildman–Crippen LogP) is 3.20. The van der Waals surface area contributed by atoms with Crippen LogP contribution in [0.5, 0.6) is 0 Å². The van der Waals surface area contributed by atoms with Gasteiger partial charge in [-0.15, -0.1) is 0 Å². The van der Waals surface area contributed by atoms with Crippen molar-refractivity contribution in [1.29, 1.82) is 0 Å². The van der Waals surface area contributed by atoms with Crippen molar-refractivity contribution >= 4 is 21.5 Å². The Labute approximate surface area is 167 Å². The molecular formula is C19H19F2N5O2S. The number of piperidine rings is 1. The summed E-state index contributed by atoms with van der Waals surface area (Å²) in [4.78, 5) is 10.4. The second-order valence-corrected chi connectivity index (χ2v) is 8.50. The molecular weight excluding hydrogens is 400 g/mol. The number of hydrogen-bond donors (Lipinski definition) is 1. The van der Waals surface area contributed by atoms with E-state index in [1.807, 2.05) is 12.5 Å². The van der Waals surface area contributed by atoms with E-state index in [1.54, 1.807) is 12.3 Å². The fraction of sp³-hybridized carbons (Fsp3) is 0.263. The van der Waals surface area contributed by atoms with E-state index in [0.29, 0.717) is 11.9 Å². The molecule has 0 spiro atoms. The van der Waals surface area contributed by atoms with Crippen LogP contribution in [0.3, 0.4) is 0 Å². The first kappa shape index (κ1) is 19.3. The van der Waals surface area contributed by atoms with Crippen LogP contribution in [0.15, 0.2) is 60.1 Å². The molecule has 0 amide bonds. The number of halogens is 2. The van der Waals surface area contributed by atoms with Crippen LogP contribution in [0.1, 0.15) is 18.9 Å². The van der Waals surface area contributed by atoms with Gasteiger partial charge in [0.1, 0.15) is 10.7 Å². The molecule has 2 aromatic heterocycles. The van der Waals surface area contributed by atoms with Crippen molar-refractivity contribution in [2.45, 2.75) is 23.8 Å². The number of nitrogens with zero attached hydrogens (tertiary/aromatic N) is 4. The third kappa shape index (κ3) is 4.21. The molecule has 0 radical (unpaired) electrons. The van der Waals surface area contributed by atoms with E-state index in [1.165, 1.54) is 12.3 Å². The summed E-state index contributed by atoms with van der Waals surface area (Å²) in [7, 11) is -3.96. The second-order valence-electron chi connectivity index (χ2n) is 6.81. The quantitative estimate of drug-likeness (QED) is 0.687. The van der Waals surface area contributed by atoms with Crippen molar-refractivity contribution in [3.05, 3.63) is 66.9 Å². The minimum Gasteiger partial charge on any atom is -0.356 e. The van der Waals surface area contributed by atoms with Crippen LogP contribution < -0.4 is 9.62 Å². The zero-order chi connectivity index (χ0) is 20.4. The fourth-order valence-electron chi connectivity index (χ4n) is 3.37. The maximum absolute atomic E-state index is 13.3. The van der Waals surface area contributed by atoms with E-state index in [0.717, 1.165) is 44.1 Å². The summed E-state index contributed by atoms with van der Waals surface area (Å²) in [5, 5.41) is 0. The molecule has 1 aliphatic heterocycles. The second kappa shape index (κ2) is 7.78. The van der Waals surface area contributed by atoms with E-state index in [-0.39, 0.29) is 10.6 Å². The average Bonchev–Trinajstić information content (AvgIpc) is 3.26. The van der Waals surface area contributed by atoms with Crippen LogP contribution in [-0.4, -0.2) is 36.0 Å². The van der Waals surface area contributed by atoms with Gasteiger partial charge >= 0.3 is 0 Å². The molecule has 1 aromatic carbocycles. The summed E-state index contributed by atoms with van der Waals surface area (Å²) < 4.78 is 55.6. The number of imidazole rings is 1. The highest BCUT2D eigenvalue weighted by molar-refractivity contribution is 7.92. The molecule has 29 heavy (non-hydrogen) atoms. The summed E-state index contributed by atoms with van der Waals surface area (Å²) in [5.74, 6) is -1.48. The molecule has 3 aromatic rings. The molecule has 0 atom stereocenters. The number of rotatable bonds is 5. The lowest BCUT2D eigenvalue weighted by Crippen LogP contribution is -2.35. The summed E-state index contributed by atoms with van der Waals surface area (Å²) >= 11 is 0. The zero-order valence-electron chi connectivity index (χ0n) is 15.4. The van der Waals surface area contributed by atoms with Gasteiger partial charge in [0.2, 0.25) is 0 Å². The highest BCUT2D eigenvalue weighted by Gasteiger charge is 2.22. The van der Waals surface area contributed by atoms with Gasteiger partial charge in [-0.2, -0.15) is 0 Å². The zero-order valence-corrected chi connectivity index (χ0v) is 16.2. The van der Waals surface area contributed by atoms with Gasteiger partial charge < -0.3 is 9.47 Å². The van der Waals surface area contributed by atoms with Crippen molar-refractivity contribution in [1.82, 2.24) is 14.5 Å². The Morgan fingerprint density at radius 1 is 1.07 bits per heavy atom. The normalized spacial score (nSPS) is 15.4. The van der Waals surface area contributed by atoms with Crippen LogP contribution in [-0.2, 0) is 10.0 Å². The van der Waals surface area contributed by atoms with Gasteiger partial charge in [0.25, 0.3) is 10.0 Å². The molecule has 10 heteroatoms. The minimum absolute atomic E-state index is 0.0562. The fourth-order valence-corrected chi connectivity index (χ4v) is 4.36. The largest absolute Gasteiger partial charge is 0.356 e. The highest BCUT2D eigenvalue weighted by atomic mass is 32.2. The van der Waals surface area contributed by atoms with E-state index in [4.69, 9.17) is 0 Å². The number of sulfonamides is 1. The van der Waals surface area contributed by atoms with Gasteiger partial charge in [-0.1, -0.05) is 0 Å². The summed E-state index contributed by atoms with van der Waals surface area (Å²) in [6, 6.07) is 6.31. The van der Waals surface area contributed by atoms with Crippen molar-refractivity contribution < 1.29 is 17.2 Å². The lowest BCUT2D eigenvalue weighted by molar-refractivity contribution is 0.394. The number of aromatic nitrogens is 3. The first-order chi connectivity index (χ1) is 13.9. The average molecular weight is 419 g/mol. The Morgan fingerprint density at radius 3 is 2.48 bits per heavy atom. The van der Waals surface area contributed by atoms with Crippen LogP contribution in [0.2, 0.25) is 0 Å². The lowest BCUT2D eigenvalue weighted by atomic mass is 10.1. The Kier molecular flexibility index (Phi) is 5.18. The van der Waals surface area contributed by atoms with Gasteiger partial charge in [0.15, 0.2) is 11.6 Å². The maximum atomic E-state index is 13.3. The molecule has 7 nitrogen and oxygen atoms in total. The summed E-state index contributed by atoms with van der Waals surface area (Å²) in [5.41, 5.74) is -0.0606. The number of nitrogens with one attached hydrogen (secondary N) is 1. The first-order valence-corrected chi connectivity index (χ1v) is 10.6. The summed E-state index contributed by atoms with van der Waals surface area (Å²) in [6.45, 7) is 1.60. The Morgan fingerprint density at radius 2 is 1.86 bits per heavy atom. The van der Waals surface area contributed by atoms with Crippen LogP contribution in [0, 0.1) is 11.6 Å². The van der Waals surface area contributed by atoms with E-state index in [2.05, 4.69) is 24.2 Å². The van der Waals surface area contributed by atoms with E-state index in [9.17, 15) is 17.2 Å². The Bertz CT molecular complexity index is 1080. The lowest BCUT2D eigenvalue weighted by Gasteiger charge is -2.33. The predicted molar refractivity (Wildman–Crippen MR) is 104 cm³/mol. The van der Waals surface area contributed by atoms with Gasteiger partial charge in [0, 0.05) is 43.8 Å². The van der Waals surface area contributed by atoms with Crippen molar-refractivity contribution in [3.8, 4) is 0 Å². The molecule has 0 unspecified atom stereocenters. The van der Waals surface area contributed by atoms with Crippen molar-refractivity contribution in [3.63, 3.8) is 0 Å². The first-order valence-electron chi connectivity index (χ1n) is 9.09. The van der Waals surface area contributed by atoms with Gasteiger partial charge in [-0.05, 0) is 37.1 Å². The summed E-state index contributed by atoms with van der Waals surface area (Å²) in [6.07, 6.45) is 8.68.